The molecule has 0 bridgehead atoms. The lowest BCUT2D eigenvalue weighted by atomic mass is 10.1. The third-order valence-corrected chi connectivity index (χ3v) is 4.79. The fourth-order valence-electron chi connectivity index (χ4n) is 2.57. The van der Waals surface area contributed by atoms with Crippen LogP contribution in [0.3, 0.4) is 0 Å². The Bertz CT molecular complexity index is 889. The largest absolute Gasteiger partial charge is 0.324 e. The number of benzene rings is 1. The summed E-state index contributed by atoms with van der Waals surface area (Å²) in [5, 5.41) is 2.32. The van der Waals surface area contributed by atoms with Crippen LogP contribution in [0.4, 0.5) is 10.5 Å². The number of aromatic nitrogens is 1. The maximum atomic E-state index is 12.5. The van der Waals surface area contributed by atoms with Crippen molar-refractivity contribution in [2.24, 2.45) is 0 Å². The second kappa shape index (κ2) is 7.53. The molecule has 3 amide bonds. The van der Waals surface area contributed by atoms with Gasteiger partial charge in [-0.3, -0.25) is 24.3 Å². The van der Waals surface area contributed by atoms with Gasteiger partial charge in [-0.25, -0.2) is 0 Å². The number of hydrogen-bond acceptors (Lipinski definition) is 5. The zero-order chi connectivity index (χ0) is 18.7. The maximum Gasteiger partial charge on any atom is 0.294 e. The number of aryl methyl sites for hydroxylation is 2. The van der Waals surface area contributed by atoms with Gasteiger partial charge in [0.05, 0.1) is 10.6 Å². The third kappa shape index (κ3) is 3.83. The van der Waals surface area contributed by atoms with Crippen molar-refractivity contribution in [3.63, 3.8) is 0 Å². The lowest BCUT2D eigenvalue weighted by Gasteiger charge is -2.15. The Hall–Kier alpha value is -2.93. The molecule has 132 valence electrons. The molecule has 1 aliphatic rings. The van der Waals surface area contributed by atoms with Crippen molar-refractivity contribution in [1.82, 2.24) is 9.88 Å². The highest BCUT2D eigenvalue weighted by Gasteiger charge is 2.36. The van der Waals surface area contributed by atoms with Gasteiger partial charge in [0.25, 0.3) is 11.1 Å². The number of rotatable bonds is 4. The van der Waals surface area contributed by atoms with Crippen LogP contribution in [0.25, 0.3) is 6.08 Å². The van der Waals surface area contributed by atoms with Gasteiger partial charge in [-0.1, -0.05) is 24.3 Å². The standard InChI is InChI=1S/C19H17N3O3S/c1-12-6-5-7-13(2)17(12)21-16(23)11-22-18(24)15(26-19(22)25)10-14-8-3-4-9-20-14/h3-10H,11H2,1-2H3,(H,21,23)/b15-10-. The highest BCUT2D eigenvalue weighted by atomic mass is 32.2. The average Bonchev–Trinajstić information content (AvgIpc) is 2.87. The van der Waals surface area contributed by atoms with Crippen molar-refractivity contribution in [3.05, 3.63) is 64.3 Å². The Morgan fingerprint density at radius 1 is 1.15 bits per heavy atom. The Labute approximate surface area is 155 Å². The summed E-state index contributed by atoms with van der Waals surface area (Å²) in [5.74, 6) is -0.897. The van der Waals surface area contributed by atoms with E-state index in [1.165, 1.54) is 0 Å². The number of thioether (sulfide) groups is 1. The van der Waals surface area contributed by atoms with Gasteiger partial charge in [-0.05, 0) is 54.9 Å². The molecule has 2 heterocycles. The van der Waals surface area contributed by atoms with Gasteiger partial charge in [-0.2, -0.15) is 0 Å². The number of amides is 3. The molecule has 0 radical (unpaired) electrons. The molecule has 26 heavy (non-hydrogen) atoms. The van der Waals surface area contributed by atoms with Crippen LogP contribution in [-0.2, 0) is 9.59 Å². The van der Waals surface area contributed by atoms with E-state index in [0.717, 1.165) is 27.8 Å². The van der Waals surface area contributed by atoms with Gasteiger partial charge >= 0.3 is 0 Å². The van der Waals surface area contributed by atoms with Gasteiger partial charge in [0.2, 0.25) is 5.91 Å². The first-order valence-electron chi connectivity index (χ1n) is 7.98. The summed E-state index contributed by atoms with van der Waals surface area (Å²) in [6, 6.07) is 11.0. The number of pyridine rings is 1. The summed E-state index contributed by atoms with van der Waals surface area (Å²) in [7, 11) is 0. The van der Waals surface area contributed by atoms with Crippen molar-refractivity contribution >= 4 is 40.6 Å². The van der Waals surface area contributed by atoms with Gasteiger partial charge in [0, 0.05) is 11.9 Å². The fraction of sp³-hybridized carbons (Fsp3) is 0.158. The summed E-state index contributed by atoms with van der Waals surface area (Å²) in [6.45, 7) is 3.45. The molecule has 1 fully saturated rings. The lowest BCUT2D eigenvalue weighted by Crippen LogP contribution is -2.36. The maximum absolute atomic E-state index is 12.5. The highest BCUT2D eigenvalue weighted by molar-refractivity contribution is 8.18. The van der Waals surface area contributed by atoms with Crippen molar-refractivity contribution < 1.29 is 14.4 Å². The van der Waals surface area contributed by atoms with Crippen molar-refractivity contribution in [2.45, 2.75) is 13.8 Å². The monoisotopic (exact) mass is 367 g/mol. The molecule has 1 N–H and O–H groups in total. The third-order valence-electron chi connectivity index (χ3n) is 3.89. The fourth-order valence-corrected chi connectivity index (χ4v) is 3.39. The van der Waals surface area contributed by atoms with E-state index in [4.69, 9.17) is 0 Å². The SMILES string of the molecule is Cc1cccc(C)c1NC(=O)CN1C(=O)S/C(=C\c2ccccn2)C1=O. The predicted molar refractivity (Wildman–Crippen MR) is 101 cm³/mol. The number of hydrogen-bond donors (Lipinski definition) is 1. The van der Waals surface area contributed by atoms with Crippen LogP contribution in [0.1, 0.15) is 16.8 Å². The summed E-state index contributed by atoms with van der Waals surface area (Å²) in [6.07, 6.45) is 3.16. The van der Waals surface area contributed by atoms with Gasteiger partial charge in [0.15, 0.2) is 0 Å². The van der Waals surface area contributed by atoms with Crippen molar-refractivity contribution in [1.29, 1.82) is 0 Å². The van der Waals surface area contributed by atoms with Crippen LogP contribution in [0.2, 0.25) is 0 Å². The van der Waals surface area contributed by atoms with E-state index >= 15 is 0 Å². The minimum atomic E-state index is -0.484. The molecule has 2 aromatic rings. The number of para-hydroxylation sites is 1. The molecule has 0 saturated carbocycles. The van der Waals surface area contributed by atoms with Crippen LogP contribution < -0.4 is 5.32 Å². The molecule has 3 rings (SSSR count). The number of carbonyl (C=O) groups is 3. The van der Waals surface area contributed by atoms with Gasteiger partial charge < -0.3 is 5.32 Å². The van der Waals surface area contributed by atoms with Gasteiger partial charge in [0.1, 0.15) is 6.54 Å². The lowest BCUT2D eigenvalue weighted by molar-refractivity contribution is -0.127. The second-order valence-corrected chi connectivity index (χ2v) is 6.83. The molecule has 0 atom stereocenters. The molecule has 1 aliphatic heterocycles. The highest BCUT2D eigenvalue weighted by Crippen LogP contribution is 2.31. The first kappa shape index (κ1) is 17.9. The van der Waals surface area contributed by atoms with Gasteiger partial charge in [-0.15, -0.1) is 0 Å². The minimum absolute atomic E-state index is 0.258. The summed E-state index contributed by atoms with van der Waals surface area (Å²) in [4.78, 5) is 42.2. The Kier molecular flexibility index (Phi) is 5.18. The van der Waals surface area contributed by atoms with E-state index in [0.29, 0.717) is 11.4 Å². The topological polar surface area (TPSA) is 79.4 Å². The van der Waals surface area contributed by atoms with E-state index < -0.39 is 17.1 Å². The molecule has 1 aromatic heterocycles. The van der Waals surface area contributed by atoms with Crippen LogP contribution in [0.5, 0.6) is 0 Å². The molecular weight excluding hydrogens is 350 g/mol. The van der Waals surface area contributed by atoms with E-state index in [2.05, 4.69) is 10.3 Å². The first-order chi connectivity index (χ1) is 12.5. The molecule has 7 heteroatoms. The smallest absolute Gasteiger partial charge is 0.294 e. The van der Waals surface area contributed by atoms with Crippen molar-refractivity contribution in [3.8, 4) is 0 Å². The number of nitrogens with one attached hydrogen (secondary N) is 1. The van der Waals surface area contributed by atoms with Crippen molar-refractivity contribution in [2.75, 3.05) is 11.9 Å². The Morgan fingerprint density at radius 3 is 2.54 bits per heavy atom. The number of anilines is 1. The zero-order valence-corrected chi connectivity index (χ0v) is 15.2. The predicted octanol–water partition coefficient (Wildman–Crippen LogP) is 3.37. The molecule has 6 nitrogen and oxygen atoms in total. The zero-order valence-electron chi connectivity index (χ0n) is 14.4. The normalized spacial score (nSPS) is 15.6. The van der Waals surface area contributed by atoms with Crippen LogP contribution >= 0.6 is 11.8 Å². The number of carbonyl (C=O) groups excluding carboxylic acids is 3. The summed E-state index contributed by atoms with van der Waals surface area (Å²) >= 11 is 0.810. The molecule has 0 spiro atoms. The Morgan fingerprint density at radius 2 is 1.88 bits per heavy atom. The molecule has 0 aliphatic carbocycles. The number of nitrogens with zero attached hydrogens (tertiary/aromatic N) is 2. The van der Waals surface area contributed by atoms with E-state index in [1.54, 1.807) is 30.5 Å². The molecule has 1 aromatic carbocycles. The van der Waals surface area contributed by atoms with Crippen LogP contribution in [0.15, 0.2) is 47.5 Å². The summed E-state index contributed by atoms with van der Waals surface area (Å²) in [5.41, 5.74) is 3.12. The summed E-state index contributed by atoms with van der Waals surface area (Å²) < 4.78 is 0. The van der Waals surface area contributed by atoms with E-state index in [1.807, 2.05) is 32.0 Å². The van der Waals surface area contributed by atoms with Crippen LogP contribution in [-0.4, -0.2) is 33.5 Å². The molecular formula is C19H17N3O3S. The quantitative estimate of drug-likeness (QED) is 0.838. The Balaban J connectivity index is 1.72. The van der Waals surface area contributed by atoms with Crippen LogP contribution in [0, 0.1) is 13.8 Å². The minimum Gasteiger partial charge on any atom is -0.324 e. The second-order valence-electron chi connectivity index (χ2n) is 5.84. The molecule has 0 unspecified atom stereocenters. The van der Waals surface area contributed by atoms with E-state index in [-0.39, 0.29) is 11.4 Å². The number of imide groups is 1. The molecule has 1 saturated heterocycles. The average molecular weight is 367 g/mol. The van der Waals surface area contributed by atoms with E-state index in [9.17, 15) is 14.4 Å². The first-order valence-corrected chi connectivity index (χ1v) is 8.80.